The third-order valence-corrected chi connectivity index (χ3v) is 3.49. The monoisotopic (exact) mass is 348 g/mol. The molecule has 26 heavy (non-hydrogen) atoms. The first-order valence-electron chi connectivity index (χ1n) is 10.1. The van der Waals surface area contributed by atoms with Crippen LogP contribution in [0.4, 0.5) is 0 Å². The quantitative estimate of drug-likeness (QED) is 0.449. The summed E-state index contributed by atoms with van der Waals surface area (Å²) in [6, 6.07) is 30.2. The van der Waals surface area contributed by atoms with Gasteiger partial charge in [0, 0.05) is 0 Å². The third-order valence-electron chi connectivity index (χ3n) is 3.49. The molecule has 0 bridgehead atoms. The largest absolute Gasteiger partial charge is 0.0683 e. The van der Waals surface area contributed by atoms with Crippen LogP contribution in [0.25, 0.3) is 0 Å². The lowest BCUT2D eigenvalue weighted by Crippen LogP contribution is -1.92. The van der Waals surface area contributed by atoms with Crippen LogP contribution in [0.1, 0.15) is 63.8 Å². The molecule has 0 heteroatoms. The van der Waals surface area contributed by atoms with E-state index in [-0.39, 0.29) is 0 Å². The molecule has 0 N–H and O–H groups in total. The minimum atomic E-state index is 1.00. The van der Waals surface area contributed by atoms with E-state index in [0.717, 1.165) is 12.8 Å². The maximum Gasteiger partial charge on any atom is -0.00257 e. The van der Waals surface area contributed by atoms with Crippen LogP contribution < -0.4 is 0 Å². The lowest BCUT2D eigenvalue weighted by molar-refractivity contribution is 1.14. The summed E-state index contributed by atoms with van der Waals surface area (Å²) in [6.45, 7) is 12.0. The predicted molar refractivity (Wildman–Crippen MR) is 119 cm³/mol. The Morgan fingerprint density at radius 1 is 0.385 bits per heavy atom. The van der Waals surface area contributed by atoms with E-state index in [0.29, 0.717) is 0 Å². The summed E-state index contributed by atoms with van der Waals surface area (Å²) >= 11 is 0. The van der Waals surface area contributed by atoms with Crippen molar-refractivity contribution in [1.82, 2.24) is 0 Å². The number of rotatable bonds is 4. The molecule has 0 spiro atoms. The van der Waals surface area contributed by atoms with Crippen molar-refractivity contribution in [2.45, 2.75) is 54.4 Å². The van der Waals surface area contributed by atoms with Crippen molar-refractivity contribution < 1.29 is 0 Å². The Bertz CT molecular complexity index is 597. The van der Waals surface area contributed by atoms with Crippen molar-refractivity contribution >= 4 is 0 Å². The molecule has 0 unspecified atom stereocenters. The van der Waals surface area contributed by atoms with E-state index >= 15 is 0 Å². The molecule has 3 rings (SSSR count). The second kappa shape index (κ2) is 16.1. The van der Waals surface area contributed by atoms with Crippen molar-refractivity contribution in [3.8, 4) is 0 Å². The van der Waals surface area contributed by atoms with Crippen LogP contribution in [0.5, 0.6) is 0 Å². The summed E-state index contributed by atoms with van der Waals surface area (Å²) in [6.07, 6.45) is 2.01. The van der Waals surface area contributed by atoms with Crippen LogP contribution >= 0.6 is 0 Å². The van der Waals surface area contributed by atoms with Gasteiger partial charge < -0.3 is 0 Å². The van der Waals surface area contributed by atoms with Gasteiger partial charge in [0.2, 0.25) is 0 Å². The van der Waals surface area contributed by atoms with Gasteiger partial charge in [0.1, 0.15) is 0 Å². The van der Waals surface area contributed by atoms with Crippen molar-refractivity contribution in [2.75, 3.05) is 0 Å². The highest BCUT2D eigenvalue weighted by Gasteiger charge is 1.99. The maximum absolute atomic E-state index is 2.32. The molecule has 3 aromatic rings. The van der Waals surface area contributed by atoms with Gasteiger partial charge in [-0.1, -0.05) is 126 Å². The van der Waals surface area contributed by atoms with Gasteiger partial charge in [0.05, 0.1) is 0 Å². The molecule has 0 nitrogen and oxygen atoms in total. The molecule has 140 valence electrons. The Kier molecular flexibility index (Phi) is 14.7. The number of benzene rings is 3. The molecule has 0 aliphatic heterocycles. The van der Waals surface area contributed by atoms with E-state index in [1.807, 2.05) is 41.5 Å². The fourth-order valence-corrected chi connectivity index (χ4v) is 2.51. The fourth-order valence-electron chi connectivity index (χ4n) is 2.51. The third kappa shape index (κ3) is 9.22. The summed E-state index contributed by atoms with van der Waals surface area (Å²) < 4.78 is 0. The zero-order valence-electron chi connectivity index (χ0n) is 17.5. The van der Waals surface area contributed by atoms with Crippen molar-refractivity contribution in [2.24, 2.45) is 0 Å². The van der Waals surface area contributed by atoms with Gasteiger partial charge in [-0.05, 0) is 35.1 Å². The second-order valence-corrected chi connectivity index (χ2v) is 5.14. The minimum Gasteiger partial charge on any atom is -0.0683 e. The summed E-state index contributed by atoms with van der Waals surface area (Å²) in [5.41, 5.74) is 5.49. The maximum atomic E-state index is 2.32. The lowest BCUT2D eigenvalue weighted by Gasteiger charge is -2.06. The van der Waals surface area contributed by atoms with Gasteiger partial charge in [-0.2, -0.15) is 0 Å². The fraction of sp³-hybridized carbons (Fsp3) is 0.308. The van der Waals surface area contributed by atoms with Gasteiger partial charge in [0.15, 0.2) is 0 Å². The van der Waals surface area contributed by atoms with E-state index in [4.69, 9.17) is 0 Å². The van der Waals surface area contributed by atoms with Crippen LogP contribution in [-0.2, 0) is 12.8 Å². The van der Waals surface area contributed by atoms with Crippen LogP contribution in [0.2, 0.25) is 0 Å². The Labute approximate surface area is 161 Å². The summed E-state index contributed by atoms with van der Waals surface area (Å²) in [4.78, 5) is 0. The van der Waals surface area contributed by atoms with Gasteiger partial charge in [0.25, 0.3) is 0 Å². The SMILES string of the molecule is CC.CC.CC.c1ccc(Cc2cccc(Cc3ccccc3)c2)cc1. The molecular weight excluding hydrogens is 312 g/mol. The molecular formula is C26H36. The van der Waals surface area contributed by atoms with Crippen LogP contribution in [0, 0.1) is 0 Å². The molecule has 0 saturated carbocycles. The first kappa shape index (κ1) is 23.7. The first-order chi connectivity index (χ1) is 12.9. The van der Waals surface area contributed by atoms with E-state index < -0.39 is 0 Å². The van der Waals surface area contributed by atoms with Crippen molar-refractivity contribution in [3.63, 3.8) is 0 Å². The molecule has 0 aliphatic carbocycles. The van der Waals surface area contributed by atoms with Gasteiger partial charge >= 0.3 is 0 Å². The smallest absolute Gasteiger partial charge is 0.00257 e. The Hall–Kier alpha value is -2.34. The molecule has 0 aliphatic rings. The summed E-state index contributed by atoms with van der Waals surface area (Å²) in [5.74, 6) is 0. The Morgan fingerprint density at radius 2 is 0.692 bits per heavy atom. The minimum absolute atomic E-state index is 1.00. The topological polar surface area (TPSA) is 0 Å². The highest BCUT2D eigenvalue weighted by atomic mass is 14.0. The number of hydrogen-bond donors (Lipinski definition) is 0. The number of hydrogen-bond acceptors (Lipinski definition) is 0. The molecule has 3 aromatic carbocycles. The van der Waals surface area contributed by atoms with E-state index in [1.54, 1.807) is 0 Å². The van der Waals surface area contributed by atoms with Crippen molar-refractivity contribution in [1.29, 1.82) is 0 Å². The Morgan fingerprint density at radius 3 is 1.04 bits per heavy atom. The van der Waals surface area contributed by atoms with Crippen LogP contribution in [0.15, 0.2) is 84.9 Å². The first-order valence-corrected chi connectivity index (χ1v) is 10.1. The second-order valence-electron chi connectivity index (χ2n) is 5.14. The van der Waals surface area contributed by atoms with Gasteiger partial charge in [-0.3, -0.25) is 0 Å². The van der Waals surface area contributed by atoms with E-state index in [9.17, 15) is 0 Å². The molecule has 0 fully saturated rings. The molecule has 0 radical (unpaired) electrons. The normalized spacial score (nSPS) is 8.69. The molecule has 0 saturated heterocycles. The standard InChI is InChI=1S/C20H18.3C2H6/c1-3-8-17(9-4-1)14-19-12-7-13-20(16-19)15-18-10-5-2-6-11-18;3*1-2/h1-13,16H,14-15H2;3*1-2H3. The Balaban J connectivity index is 0.000000948. The van der Waals surface area contributed by atoms with E-state index in [2.05, 4.69) is 84.9 Å². The summed E-state index contributed by atoms with van der Waals surface area (Å²) in [5, 5.41) is 0. The molecule has 0 atom stereocenters. The van der Waals surface area contributed by atoms with Crippen LogP contribution in [-0.4, -0.2) is 0 Å². The summed E-state index contributed by atoms with van der Waals surface area (Å²) in [7, 11) is 0. The average Bonchev–Trinajstić information content (AvgIpc) is 2.74. The average molecular weight is 349 g/mol. The van der Waals surface area contributed by atoms with Crippen LogP contribution in [0.3, 0.4) is 0 Å². The lowest BCUT2D eigenvalue weighted by atomic mass is 9.99. The van der Waals surface area contributed by atoms with Gasteiger partial charge in [-0.15, -0.1) is 0 Å². The molecule has 0 aromatic heterocycles. The van der Waals surface area contributed by atoms with Gasteiger partial charge in [-0.25, -0.2) is 0 Å². The highest BCUT2D eigenvalue weighted by molar-refractivity contribution is 5.32. The molecule has 0 amide bonds. The molecule has 0 heterocycles. The van der Waals surface area contributed by atoms with Crippen molar-refractivity contribution in [3.05, 3.63) is 107 Å². The zero-order chi connectivity index (χ0) is 19.6. The van der Waals surface area contributed by atoms with E-state index in [1.165, 1.54) is 22.3 Å². The highest BCUT2D eigenvalue weighted by Crippen LogP contribution is 2.14. The predicted octanol–water partition coefficient (Wildman–Crippen LogP) is 7.95. The zero-order valence-corrected chi connectivity index (χ0v) is 17.5.